The third-order valence-corrected chi connectivity index (χ3v) is 4.68. The molecule has 0 atom stereocenters. The van der Waals surface area contributed by atoms with Crippen molar-refractivity contribution in [2.45, 2.75) is 31.6 Å². The van der Waals surface area contributed by atoms with E-state index < -0.39 is 0 Å². The van der Waals surface area contributed by atoms with Crippen LogP contribution < -0.4 is 10.6 Å². The fraction of sp³-hybridized carbons (Fsp3) is 0.286. The Balaban J connectivity index is 1.80. The molecule has 2 rings (SSSR count). The van der Waals surface area contributed by atoms with E-state index in [2.05, 4.69) is 10.6 Å². The molecule has 2 aromatic carbocycles. The van der Waals surface area contributed by atoms with Crippen LogP contribution in [-0.4, -0.2) is 30.1 Å². The second-order valence-corrected chi connectivity index (χ2v) is 7.01. The van der Waals surface area contributed by atoms with E-state index in [0.29, 0.717) is 24.3 Å². The molecule has 6 nitrogen and oxygen atoms in total. The minimum Gasteiger partial charge on any atom is -0.462 e. The van der Waals surface area contributed by atoms with Gasteiger partial charge in [0.1, 0.15) is 0 Å². The molecule has 0 aromatic heterocycles. The summed E-state index contributed by atoms with van der Waals surface area (Å²) in [5.74, 6) is -0.281. The van der Waals surface area contributed by atoms with Crippen LogP contribution in [-0.2, 0) is 14.3 Å². The number of benzene rings is 2. The smallest absolute Gasteiger partial charge is 0.338 e. The quantitative estimate of drug-likeness (QED) is 0.483. The number of ether oxygens (including phenoxy) is 1. The van der Waals surface area contributed by atoms with Gasteiger partial charge in [-0.25, -0.2) is 4.79 Å². The van der Waals surface area contributed by atoms with Gasteiger partial charge in [-0.15, -0.1) is 11.8 Å². The number of carbonyl (C=O) groups is 3. The summed E-state index contributed by atoms with van der Waals surface area (Å²) in [7, 11) is 0. The third kappa shape index (κ3) is 7.08. The predicted molar refractivity (Wildman–Crippen MR) is 112 cm³/mol. The Labute approximate surface area is 169 Å². The van der Waals surface area contributed by atoms with Crippen molar-refractivity contribution in [1.29, 1.82) is 0 Å². The van der Waals surface area contributed by atoms with E-state index in [1.165, 1.54) is 11.8 Å². The van der Waals surface area contributed by atoms with Crippen molar-refractivity contribution >= 4 is 40.9 Å². The number of anilines is 2. The van der Waals surface area contributed by atoms with Crippen LogP contribution in [0.25, 0.3) is 0 Å². The van der Waals surface area contributed by atoms with E-state index in [1.54, 1.807) is 31.2 Å². The standard InChI is InChI=1S/C21H24N2O4S/c1-3-5-19(24)22-17-10-12-18(13-11-17)28-14-20(25)23-16-8-6-15(7-9-16)21(26)27-4-2/h6-13H,3-5,14H2,1-2H3,(H,22,24)(H,23,25). The maximum atomic E-state index is 12.1. The first-order chi connectivity index (χ1) is 13.5. The Hall–Kier alpha value is -2.80. The average Bonchev–Trinajstić information content (AvgIpc) is 2.68. The van der Waals surface area contributed by atoms with Gasteiger partial charge in [-0.3, -0.25) is 9.59 Å². The first-order valence-corrected chi connectivity index (χ1v) is 10.1. The number of hydrogen-bond acceptors (Lipinski definition) is 5. The zero-order chi connectivity index (χ0) is 20.4. The second kappa shape index (κ2) is 11.1. The van der Waals surface area contributed by atoms with Crippen molar-refractivity contribution in [2.75, 3.05) is 23.0 Å². The number of rotatable bonds is 9. The maximum Gasteiger partial charge on any atom is 0.338 e. The van der Waals surface area contributed by atoms with E-state index in [4.69, 9.17) is 4.74 Å². The molecule has 148 valence electrons. The topological polar surface area (TPSA) is 84.5 Å². The van der Waals surface area contributed by atoms with Crippen molar-refractivity contribution < 1.29 is 19.1 Å². The summed E-state index contributed by atoms with van der Waals surface area (Å²) in [5.41, 5.74) is 1.81. The summed E-state index contributed by atoms with van der Waals surface area (Å²) >= 11 is 1.40. The van der Waals surface area contributed by atoms with Crippen LogP contribution in [0.4, 0.5) is 11.4 Å². The molecule has 0 aliphatic rings. The summed E-state index contributed by atoms with van der Waals surface area (Å²) in [6.07, 6.45) is 1.30. The fourth-order valence-electron chi connectivity index (χ4n) is 2.34. The van der Waals surface area contributed by atoms with Gasteiger partial charge in [0.25, 0.3) is 0 Å². The Kier molecular flexibility index (Phi) is 8.55. The molecule has 0 radical (unpaired) electrons. The number of amides is 2. The molecular formula is C21H24N2O4S. The summed E-state index contributed by atoms with van der Waals surface area (Å²) in [5, 5.41) is 5.62. The van der Waals surface area contributed by atoms with Gasteiger partial charge in [0, 0.05) is 22.7 Å². The van der Waals surface area contributed by atoms with Crippen molar-refractivity contribution in [3.63, 3.8) is 0 Å². The Bertz CT molecular complexity index is 804. The molecule has 2 amide bonds. The lowest BCUT2D eigenvalue weighted by molar-refractivity contribution is -0.116. The highest BCUT2D eigenvalue weighted by atomic mass is 32.2. The minimum atomic E-state index is -0.384. The SMILES string of the molecule is CCCC(=O)Nc1ccc(SCC(=O)Nc2ccc(C(=O)OCC)cc2)cc1. The Morgan fingerprint density at radius 2 is 1.43 bits per heavy atom. The highest BCUT2D eigenvalue weighted by Gasteiger charge is 2.08. The van der Waals surface area contributed by atoms with E-state index in [1.807, 2.05) is 31.2 Å². The highest BCUT2D eigenvalue weighted by molar-refractivity contribution is 8.00. The largest absolute Gasteiger partial charge is 0.462 e. The molecule has 7 heteroatoms. The van der Waals surface area contributed by atoms with Crippen LogP contribution in [0.2, 0.25) is 0 Å². The van der Waals surface area contributed by atoms with Gasteiger partial charge in [0.05, 0.1) is 17.9 Å². The monoisotopic (exact) mass is 400 g/mol. The minimum absolute atomic E-state index is 0.00347. The zero-order valence-corrected chi connectivity index (χ0v) is 16.8. The van der Waals surface area contributed by atoms with Crippen molar-refractivity contribution in [3.8, 4) is 0 Å². The number of carbonyl (C=O) groups excluding carboxylic acids is 3. The van der Waals surface area contributed by atoms with E-state index >= 15 is 0 Å². The number of nitrogens with one attached hydrogen (secondary N) is 2. The lowest BCUT2D eigenvalue weighted by Gasteiger charge is -2.08. The maximum absolute atomic E-state index is 12.1. The number of esters is 1. The molecule has 2 aromatic rings. The molecule has 0 heterocycles. The summed E-state index contributed by atoms with van der Waals surface area (Å²) < 4.78 is 4.93. The lowest BCUT2D eigenvalue weighted by Crippen LogP contribution is -2.14. The predicted octanol–water partition coefficient (Wildman–Crippen LogP) is 4.33. The summed E-state index contributed by atoms with van der Waals surface area (Å²) in [6, 6.07) is 14.0. The highest BCUT2D eigenvalue weighted by Crippen LogP contribution is 2.21. The zero-order valence-electron chi connectivity index (χ0n) is 16.0. The number of hydrogen-bond donors (Lipinski definition) is 2. The third-order valence-electron chi connectivity index (χ3n) is 3.66. The van der Waals surface area contributed by atoms with Crippen LogP contribution in [0, 0.1) is 0 Å². The fourth-order valence-corrected chi connectivity index (χ4v) is 3.03. The first kappa shape index (κ1) is 21.5. The molecule has 0 saturated carbocycles. The molecule has 0 spiro atoms. The molecule has 0 bridgehead atoms. The van der Waals surface area contributed by atoms with Gasteiger partial charge in [0.15, 0.2) is 0 Å². The second-order valence-electron chi connectivity index (χ2n) is 5.96. The molecule has 0 aliphatic heterocycles. The first-order valence-electron chi connectivity index (χ1n) is 9.11. The molecule has 28 heavy (non-hydrogen) atoms. The van der Waals surface area contributed by atoms with Crippen LogP contribution >= 0.6 is 11.8 Å². The van der Waals surface area contributed by atoms with Gasteiger partial charge in [-0.05, 0) is 61.9 Å². The molecule has 0 saturated heterocycles. The van der Waals surface area contributed by atoms with Gasteiger partial charge < -0.3 is 15.4 Å². The van der Waals surface area contributed by atoms with Crippen LogP contribution in [0.5, 0.6) is 0 Å². The molecule has 0 fully saturated rings. The number of thioether (sulfide) groups is 1. The van der Waals surface area contributed by atoms with Gasteiger partial charge in [-0.1, -0.05) is 6.92 Å². The molecule has 0 unspecified atom stereocenters. The lowest BCUT2D eigenvalue weighted by atomic mass is 10.2. The molecular weight excluding hydrogens is 376 g/mol. The van der Waals surface area contributed by atoms with Gasteiger partial charge >= 0.3 is 5.97 Å². The van der Waals surface area contributed by atoms with E-state index in [0.717, 1.165) is 17.0 Å². The normalized spacial score (nSPS) is 10.2. The molecule has 0 aliphatic carbocycles. The molecule has 2 N–H and O–H groups in total. The van der Waals surface area contributed by atoms with Crippen LogP contribution in [0.3, 0.4) is 0 Å². The summed E-state index contributed by atoms with van der Waals surface area (Å²) in [4.78, 5) is 36.2. The van der Waals surface area contributed by atoms with E-state index in [-0.39, 0.29) is 23.5 Å². The van der Waals surface area contributed by atoms with E-state index in [9.17, 15) is 14.4 Å². The Morgan fingerprint density at radius 3 is 2.00 bits per heavy atom. The Morgan fingerprint density at radius 1 is 0.857 bits per heavy atom. The summed E-state index contributed by atoms with van der Waals surface area (Å²) in [6.45, 7) is 4.03. The average molecular weight is 401 g/mol. The van der Waals surface area contributed by atoms with Crippen molar-refractivity contribution in [2.24, 2.45) is 0 Å². The van der Waals surface area contributed by atoms with Crippen LogP contribution in [0.15, 0.2) is 53.4 Å². The van der Waals surface area contributed by atoms with Gasteiger partial charge in [-0.2, -0.15) is 0 Å². The van der Waals surface area contributed by atoms with Crippen molar-refractivity contribution in [1.82, 2.24) is 0 Å². The van der Waals surface area contributed by atoms with Crippen LogP contribution in [0.1, 0.15) is 37.0 Å². The van der Waals surface area contributed by atoms with Gasteiger partial charge in [0.2, 0.25) is 11.8 Å². The van der Waals surface area contributed by atoms with Crippen molar-refractivity contribution in [3.05, 3.63) is 54.1 Å².